The van der Waals surface area contributed by atoms with E-state index in [1.807, 2.05) is 36.3 Å². The molecule has 4 heterocycles. The number of β-lactam (4-membered cyclic amide) rings is 1. The zero-order valence-corrected chi connectivity index (χ0v) is 30.5. The minimum Gasteiger partial charge on any atom is -0.542 e. The number of aromatic nitrogens is 7. The first kappa shape index (κ1) is 42.0. The quantitative estimate of drug-likeness (QED) is 0.0302. The van der Waals surface area contributed by atoms with E-state index in [0.717, 1.165) is 35.4 Å². The molecule has 55 heavy (non-hydrogen) atoms. The Morgan fingerprint density at radius 2 is 1.93 bits per heavy atom. The Balaban J connectivity index is 0.000000876. The molecule has 27 heteroatoms. The second-order valence-electron chi connectivity index (χ2n) is 11.8. The monoisotopic (exact) mass is 818 g/mol. The number of hydroxylamine groups is 2. The van der Waals surface area contributed by atoms with E-state index < -0.39 is 52.0 Å². The summed E-state index contributed by atoms with van der Waals surface area (Å²) in [4.78, 5) is 44.6. The first-order valence-corrected chi connectivity index (χ1v) is 17.7. The van der Waals surface area contributed by atoms with E-state index in [0.29, 0.717) is 17.4 Å². The summed E-state index contributed by atoms with van der Waals surface area (Å²) in [6.07, 6.45) is -1.35. The summed E-state index contributed by atoms with van der Waals surface area (Å²) in [5, 5.41) is 31.1. The normalized spacial score (nSPS) is 16.1. The lowest BCUT2D eigenvalue weighted by atomic mass is 9.84. The molecule has 1 aliphatic rings. The summed E-state index contributed by atoms with van der Waals surface area (Å²) in [6, 6.07) is 6.11. The minimum absolute atomic E-state index is 0.0271. The van der Waals surface area contributed by atoms with E-state index >= 15 is 0 Å². The van der Waals surface area contributed by atoms with Gasteiger partial charge in [0.25, 0.3) is 11.8 Å². The molecule has 1 aliphatic heterocycles. The highest BCUT2D eigenvalue weighted by atomic mass is 32.3. The van der Waals surface area contributed by atoms with Gasteiger partial charge in [-0.05, 0) is 44.5 Å². The van der Waals surface area contributed by atoms with Crippen LogP contribution in [0.25, 0.3) is 11.1 Å². The van der Waals surface area contributed by atoms with E-state index in [9.17, 15) is 31.2 Å². The molecule has 0 saturated carbocycles. The number of hydrogen-bond donors (Lipinski definition) is 5. The van der Waals surface area contributed by atoms with Gasteiger partial charge in [0.05, 0.1) is 23.8 Å². The standard InChI is InChI=1S/C26H32N12O8S2.C2HF3O2/c1-26(2)21(24(40)38(26)46-48(41,42)43)30-23(39)20(18-14-47-25(28)29-18)33-45-19(22-31-34-35-32-22)13-44-17-7-5-15(6-8-17)16-11-36(3)37(12-16)10-4-9-27;3-2(4,5)1(6)7/h5-8,11-12,14,19,21H,4,9-10,13,27H2,1-3H3,(H4-,28,29,30,31,32,34,35,39,41,42,43);(H,6,7)/b33-20-;/t19-,21+;/m0./s1. The molecule has 0 spiro atoms. The fraction of sp³-hybridized carbons (Fsp3) is 0.393. The van der Waals surface area contributed by atoms with Gasteiger partial charge in [-0.15, -0.1) is 30.5 Å². The Hall–Kier alpha value is -5.77. The number of aliphatic carboxylic acids is 1. The number of tetrazole rings is 1. The average molecular weight is 819 g/mol. The predicted molar refractivity (Wildman–Crippen MR) is 178 cm³/mol. The SMILES string of the molecule is C[n+]1cc(-c2ccc(OC[C@H](O/N=C(\C(=O)N[C@@H]3C(=O)N(OS(=O)(=O)O)C3(C)C)c3csc(N)n3)c3nn[nH]n3)cc2)cn1CCCN.O=C([O-])C(F)(F)F. The maximum absolute atomic E-state index is 13.4. The number of nitrogens with one attached hydrogen (secondary N) is 2. The topological polar surface area (TPSA) is 312 Å². The van der Waals surface area contributed by atoms with E-state index in [1.54, 1.807) is 12.1 Å². The predicted octanol–water partition coefficient (Wildman–Crippen LogP) is -1.44. The minimum atomic E-state index is -5.19. The Kier molecular flexibility index (Phi) is 13.1. The van der Waals surface area contributed by atoms with Crippen molar-refractivity contribution in [3.05, 3.63) is 53.6 Å². The number of H-pyrrole nitrogens is 1. The van der Waals surface area contributed by atoms with Gasteiger partial charge >= 0.3 is 16.6 Å². The number of benzene rings is 1. The molecular formula is C28H33F3N12O10S2. The molecular weight excluding hydrogens is 786 g/mol. The third-order valence-corrected chi connectivity index (χ3v) is 8.46. The first-order valence-electron chi connectivity index (χ1n) is 15.5. The Morgan fingerprint density at radius 1 is 1.25 bits per heavy atom. The van der Waals surface area contributed by atoms with Crippen LogP contribution in [0.1, 0.15) is 37.9 Å². The molecule has 1 saturated heterocycles. The number of nitrogen functional groups attached to an aromatic ring is 1. The fourth-order valence-corrected chi connectivity index (χ4v) is 5.70. The molecule has 1 aromatic carbocycles. The number of alkyl halides is 3. The van der Waals surface area contributed by atoms with E-state index in [4.69, 9.17) is 35.5 Å². The number of ether oxygens (including phenoxy) is 1. The lowest BCUT2D eigenvalue weighted by molar-refractivity contribution is -0.753. The number of nitrogens with zero attached hydrogens (tertiary/aromatic N) is 8. The van der Waals surface area contributed by atoms with Gasteiger partial charge in [0.1, 0.15) is 30.1 Å². The number of aryl methyl sites for hydroxylation is 2. The molecule has 4 aromatic rings. The van der Waals surface area contributed by atoms with Crippen LogP contribution < -0.4 is 31.3 Å². The smallest absolute Gasteiger partial charge is 0.430 e. The molecule has 0 bridgehead atoms. The summed E-state index contributed by atoms with van der Waals surface area (Å²) in [7, 11) is -3.03. The molecule has 0 aliphatic carbocycles. The Morgan fingerprint density at radius 3 is 2.45 bits per heavy atom. The van der Waals surface area contributed by atoms with Crippen molar-refractivity contribution < 1.29 is 64.2 Å². The van der Waals surface area contributed by atoms with Gasteiger partial charge in [-0.25, -0.2) is 4.98 Å². The van der Waals surface area contributed by atoms with Gasteiger partial charge < -0.3 is 36.3 Å². The summed E-state index contributed by atoms with van der Waals surface area (Å²) in [5.41, 5.74) is 11.7. The van der Waals surface area contributed by atoms with Crippen LogP contribution in [0.4, 0.5) is 18.3 Å². The van der Waals surface area contributed by atoms with Gasteiger partial charge in [0, 0.05) is 5.38 Å². The number of thiazole rings is 1. The Labute approximate surface area is 312 Å². The molecule has 2 atom stereocenters. The van der Waals surface area contributed by atoms with Gasteiger partial charge in [-0.2, -0.15) is 36.5 Å². The fourth-order valence-electron chi connectivity index (χ4n) is 4.70. The van der Waals surface area contributed by atoms with Crippen LogP contribution in [0.5, 0.6) is 5.75 Å². The van der Waals surface area contributed by atoms with Crippen LogP contribution in [0, 0.1) is 0 Å². The third kappa shape index (κ3) is 10.9. The number of rotatable bonds is 15. The molecule has 2 amide bonds. The van der Waals surface area contributed by atoms with Crippen LogP contribution in [0.2, 0.25) is 0 Å². The lowest BCUT2D eigenvalue weighted by Gasteiger charge is -2.50. The molecule has 0 radical (unpaired) electrons. The first-order chi connectivity index (χ1) is 25.7. The number of carbonyl (C=O) groups excluding carboxylic acids is 3. The molecule has 3 aromatic heterocycles. The number of amides is 2. The highest BCUT2D eigenvalue weighted by Gasteiger charge is 2.58. The molecule has 298 valence electrons. The van der Waals surface area contributed by atoms with Crippen LogP contribution in [-0.2, 0) is 47.5 Å². The Bertz CT molecular complexity index is 2110. The van der Waals surface area contributed by atoms with Crippen molar-refractivity contribution in [2.24, 2.45) is 17.9 Å². The largest absolute Gasteiger partial charge is 0.542 e. The van der Waals surface area contributed by atoms with Crippen molar-refractivity contribution in [3.63, 3.8) is 0 Å². The van der Waals surface area contributed by atoms with Gasteiger partial charge in [0.15, 0.2) is 17.9 Å². The number of halogens is 3. The van der Waals surface area contributed by atoms with Crippen LogP contribution in [0.15, 0.2) is 47.2 Å². The van der Waals surface area contributed by atoms with E-state index in [1.165, 1.54) is 19.2 Å². The molecule has 22 nitrogen and oxygen atoms in total. The second kappa shape index (κ2) is 17.1. The van der Waals surface area contributed by atoms with Crippen molar-refractivity contribution in [2.45, 2.75) is 50.7 Å². The molecule has 7 N–H and O–H groups in total. The van der Waals surface area contributed by atoms with Gasteiger partial charge in [-0.1, -0.05) is 22.5 Å². The van der Waals surface area contributed by atoms with Crippen molar-refractivity contribution in [2.75, 3.05) is 18.9 Å². The van der Waals surface area contributed by atoms with E-state index in [2.05, 4.69) is 45.0 Å². The highest BCUT2D eigenvalue weighted by molar-refractivity contribution is 7.80. The maximum Gasteiger partial charge on any atom is 0.430 e. The van der Waals surface area contributed by atoms with Crippen LogP contribution in [-0.4, -0.2) is 103 Å². The number of nitrogens with two attached hydrogens (primary N) is 2. The number of aromatic amines is 1. The van der Waals surface area contributed by atoms with Crippen molar-refractivity contribution in [3.8, 4) is 16.9 Å². The number of anilines is 1. The number of oxime groups is 1. The average Bonchev–Trinajstić information content (AvgIpc) is 3.88. The summed E-state index contributed by atoms with van der Waals surface area (Å²) >= 11 is 1.03. The molecule has 0 unspecified atom stereocenters. The van der Waals surface area contributed by atoms with Crippen molar-refractivity contribution in [1.29, 1.82) is 0 Å². The third-order valence-electron chi connectivity index (χ3n) is 7.45. The zero-order chi connectivity index (χ0) is 40.7. The van der Waals surface area contributed by atoms with Crippen LogP contribution in [0.3, 0.4) is 0 Å². The summed E-state index contributed by atoms with van der Waals surface area (Å²) < 4.78 is 77.2. The van der Waals surface area contributed by atoms with Crippen LogP contribution >= 0.6 is 11.3 Å². The molecule has 1 fully saturated rings. The van der Waals surface area contributed by atoms with Gasteiger partial charge in [-0.3, -0.25) is 14.1 Å². The maximum atomic E-state index is 13.4. The van der Waals surface area contributed by atoms with Gasteiger partial charge in [0.2, 0.25) is 18.1 Å². The zero-order valence-electron chi connectivity index (χ0n) is 28.8. The number of carbonyl (C=O) groups is 3. The molecule has 5 rings (SSSR count). The second-order valence-corrected chi connectivity index (χ2v) is 13.7. The summed E-state index contributed by atoms with van der Waals surface area (Å²) in [6.45, 7) is 4.07. The van der Waals surface area contributed by atoms with E-state index in [-0.39, 0.29) is 29.0 Å². The van der Waals surface area contributed by atoms with Crippen molar-refractivity contribution in [1.82, 2.24) is 40.7 Å². The summed E-state index contributed by atoms with van der Waals surface area (Å²) in [5.74, 6) is -4.29. The number of carboxylic acids is 1. The number of carboxylic acid groups (broad SMARTS) is 1. The lowest BCUT2D eigenvalue weighted by Crippen LogP contribution is -2.76. The van der Waals surface area contributed by atoms with Crippen molar-refractivity contribution >= 4 is 50.4 Å². The number of hydrogen-bond acceptors (Lipinski definition) is 17. The highest BCUT2D eigenvalue weighted by Crippen LogP contribution is 2.33.